The van der Waals surface area contributed by atoms with Crippen molar-refractivity contribution in [3.8, 4) is 23.0 Å². The number of esters is 1. The number of carbonyl (C=O) groups excluding carboxylic acids is 10. The van der Waals surface area contributed by atoms with Gasteiger partial charge in [0.05, 0.1) is 29.4 Å². The minimum Gasteiger partial charge on any atom is -0.507 e. The summed E-state index contributed by atoms with van der Waals surface area (Å²) in [4.78, 5) is 156. The number of urea groups is 1. The first-order chi connectivity index (χ1) is 49.9. The number of aliphatic hydroxyl groups is 1. The summed E-state index contributed by atoms with van der Waals surface area (Å²) < 4.78 is 36.6. The summed E-state index contributed by atoms with van der Waals surface area (Å²) >= 11 is 0. The molecule has 3 aromatic rings. The molecule has 562 valence electrons. The number of Topliss-reactive ketones (excluding diaryl/α,β-unsaturated/α-hetero) is 1. The molecular formula is C76H94N10O19. The molecule has 3 aromatic carbocycles. The Morgan fingerprint density at radius 1 is 0.867 bits per heavy atom. The molecule has 0 saturated carbocycles. The molecule has 1 unspecified atom stereocenters. The number of allylic oxidation sites excluding steroid dienone is 3. The number of benzene rings is 4. The monoisotopic (exact) mass is 1450 g/mol. The average molecular weight is 1450 g/mol. The van der Waals surface area contributed by atoms with Crippen LogP contribution >= 0.6 is 0 Å². The first-order valence-corrected chi connectivity index (χ1v) is 35.4. The van der Waals surface area contributed by atoms with Crippen molar-refractivity contribution in [3.05, 3.63) is 118 Å². The van der Waals surface area contributed by atoms with Crippen molar-refractivity contribution >= 4 is 98.3 Å². The number of aliphatic hydroxyl groups excluding tert-OH is 1. The maximum atomic E-state index is 15.1. The zero-order valence-electron chi connectivity index (χ0n) is 61.0. The molecule has 0 aromatic heterocycles. The molecule has 29 nitrogen and oxygen atoms in total. The minimum atomic E-state index is -2.09. The number of amides is 9. The smallest absolute Gasteiger partial charge is 0.410 e. The third kappa shape index (κ3) is 18.5. The second-order valence-corrected chi connectivity index (χ2v) is 27.8. The Labute approximate surface area is 607 Å². The van der Waals surface area contributed by atoms with Gasteiger partial charge in [-0.2, -0.15) is 0 Å². The van der Waals surface area contributed by atoms with E-state index in [4.69, 9.17) is 38.8 Å². The topological polar surface area (TPSA) is 396 Å². The molecule has 5 aliphatic heterocycles. The third-order valence-corrected chi connectivity index (χ3v) is 19.6. The second-order valence-electron chi connectivity index (χ2n) is 27.8. The summed E-state index contributed by atoms with van der Waals surface area (Å²) in [5.74, 6) is -9.13. The van der Waals surface area contributed by atoms with Crippen molar-refractivity contribution in [2.24, 2.45) is 35.3 Å². The molecule has 1 fully saturated rings. The van der Waals surface area contributed by atoms with Crippen LogP contribution in [0.1, 0.15) is 129 Å². The van der Waals surface area contributed by atoms with Crippen molar-refractivity contribution in [3.63, 3.8) is 0 Å². The summed E-state index contributed by atoms with van der Waals surface area (Å²) in [7, 11) is 1.46. The number of hydrogen-bond acceptors (Lipinski definition) is 21. The Morgan fingerprint density at radius 3 is 2.24 bits per heavy atom. The van der Waals surface area contributed by atoms with Gasteiger partial charge in [-0.1, -0.05) is 78.3 Å². The molecule has 5 heterocycles. The van der Waals surface area contributed by atoms with Crippen LogP contribution in [0.4, 0.5) is 26.7 Å². The molecule has 0 spiro atoms. The Balaban J connectivity index is 0.885. The van der Waals surface area contributed by atoms with Gasteiger partial charge in [-0.25, -0.2) is 14.6 Å². The summed E-state index contributed by atoms with van der Waals surface area (Å²) in [6.45, 7) is 18.1. The van der Waals surface area contributed by atoms with E-state index in [0.29, 0.717) is 55.7 Å². The highest BCUT2D eigenvalue weighted by molar-refractivity contribution is 6.22. The van der Waals surface area contributed by atoms with Gasteiger partial charge in [-0.3, -0.25) is 48.1 Å². The van der Waals surface area contributed by atoms with Gasteiger partial charge < -0.3 is 80.4 Å². The van der Waals surface area contributed by atoms with Crippen LogP contribution in [0.5, 0.6) is 11.5 Å². The zero-order valence-corrected chi connectivity index (χ0v) is 61.0. The number of hydrogen-bond donors (Lipinski definition) is 8. The fraction of sp³-hybridized carbons (Fsp3) is 0.474. The molecular weight excluding hydrogens is 1360 g/mol. The number of methoxy groups -OCH3 is 1. The number of phenols is 1. The number of nitrogens with zero attached hydrogens (tertiary/aromatic N) is 4. The van der Waals surface area contributed by atoms with Crippen LogP contribution in [-0.2, 0) is 59.1 Å². The van der Waals surface area contributed by atoms with Gasteiger partial charge >= 0.3 is 23.9 Å². The Bertz CT molecular complexity index is 4290. The fourth-order valence-corrected chi connectivity index (χ4v) is 13.6. The third-order valence-electron chi connectivity index (χ3n) is 19.6. The molecule has 0 radical (unpaired) electrons. The molecule has 9 rings (SSSR count). The minimum absolute atomic E-state index is 0.0259. The molecule has 6 aliphatic rings. The van der Waals surface area contributed by atoms with Crippen LogP contribution in [0.15, 0.2) is 100.0 Å². The van der Waals surface area contributed by atoms with Crippen LogP contribution in [-0.4, -0.2) is 167 Å². The number of anilines is 3. The Kier molecular flexibility index (Phi) is 25.6. The first kappa shape index (κ1) is 78.5. The first-order valence-electron chi connectivity index (χ1n) is 35.4. The number of rotatable bonds is 21. The number of aromatic nitrogens is 1. The van der Waals surface area contributed by atoms with Crippen molar-refractivity contribution in [1.82, 2.24) is 30.7 Å². The summed E-state index contributed by atoms with van der Waals surface area (Å²) in [6.07, 6.45) is 9.68. The van der Waals surface area contributed by atoms with Crippen LogP contribution in [0.3, 0.4) is 0 Å². The number of phenolic OH excluding ortho intramolecular Hbond substituents is 1. The normalized spacial score (nSPS) is 23.3. The van der Waals surface area contributed by atoms with E-state index in [2.05, 4.69) is 26.6 Å². The molecule has 10 atom stereocenters. The van der Waals surface area contributed by atoms with Crippen molar-refractivity contribution in [2.45, 2.75) is 157 Å². The van der Waals surface area contributed by atoms with Crippen LogP contribution < -0.4 is 47.4 Å². The Hall–Kier alpha value is -10.7. The number of ketones is 1. The number of aromatic hydroxyl groups is 1. The van der Waals surface area contributed by atoms with E-state index < -0.39 is 101 Å². The van der Waals surface area contributed by atoms with E-state index in [1.54, 1.807) is 94.1 Å². The number of ether oxygens (including phenoxy) is 5. The van der Waals surface area contributed by atoms with E-state index in [9.17, 15) is 53.4 Å². The quantitative estimate of drug-likeness (QED) is 0.0114. The van der Waals surface area contributed by atoms with E-state index in [-0.39, 0.29) is 149 Å². The largest absolute Gasteiger partial charge is 0.507 e. The number of nitrogens with two attached hydrogens (primary N) is 1. The summed E-state index contributed by atoms with van der Waals surface area (Å²) in [5, 5.41) is 36.8. The Morgan fingerprint density at radius 2 is 1.57 bits per heavy atom. The molecule has 9 amide bonds. The maximum Gasteiger partial charge on any atom is 0.410 e. The lowest BCUT2D eigenvalue weighted by Crippen LogP contribution is -2.54. The molecule has 9 N–H and O–H groups in total. The SMILES string of the molecule is CO[C@H]1/C=C/O[C@@]2(C)Oc3c(C)c(O)c4c(=O)c(c5oc6cc(N7CCN(C(=O)OCc8ccc(NC(=O)[C@H](CCCNC(N)=O)NC(=O)C(NC(=O)CCCCCN9C(=O)C=CC9=O)C(C)C)cc8)CC7)ccc6nc-5c4c3C2=O)NC(=O)/C(C)=C\C=C\[C@H](C)C[C@@H](C)[C@@H](O)[C@@H](C)[C@H](OC(C)=O)[C@@H]1C. The number of unbranched alkanes of at least 4 members (excludes halogenated alkanes) is 2. The summed E-state index contributed by atoms with van der Waals surface area (Å²) in [6, 6.07) is 8.86. The average Bonchev–Trinajstić information content (AvgIpc) is 1.65. The van der Waals surface area contributed by atoms with Gasteiger partial charge in [-0.15, -0.1) is 0 Å². The number of primary amides is 1. The van der Waals surface area contributed by atoms with Gasteiger partial charge in [0.2, 0.25) is 23.2 Å². The van der Waals surface area contributed by atoms with E-state index in [1.165, 1.54) is 52.4 Å². The van der Waals surface area contributed by atoms with Crippen LogP contribution in [0.25, 0.3) is 33.3 Å². The number of nitrogens with one attached hydrogen (secondary N) is 5. The van der Waals surface area contributed by atoms with Crippen molar-refractivity contribution in [1.29, 1.82) is 0 Å². The molecule has 29 heteroatoms. The lowest BCUT2D eigenvalue weighted by Gasteiger charge is -2.36. The predicted octanol–water partition coefficient (Wildman–Crippen LogP) is 7.94. The van der Waals surface area contributed by atoms with Gasteiger partial charge in [0.15, 0.2) is 11.3 Å². The second kappa shape index (κ2) is 34.3. The number of carbonyl (C=O) groups is 10. The number of fused-ring (bicyclic) bond motifs is 2. The predicted molar refractivity (Wildman–Crippen MR) is 388 cm³/mol. The molecule has 105 heavy (non-hydrogen) atoms. The highest BCUT2D eigenvalue weighted by atomic mass is 16.7. The van der Waals surface area contributed by atoms with Gasteiger partial charge in [0, 0.05) is 125 Å². The van der Waals surface area contributed by atoms with Crippen LogP contribution in [0, 0.1) is 36.5 Å². The van der Waals surface area contributed by atoms with Gasteiger partial charge in [0.1, 0.15) is 53.2 Å². The van der Waals surface area contributed by atoms with E-state index in [0.717, 1.165) is 4.90 Å². The molecule has 1 aliphatic carbocycles. The van der Waals surface area contributed by atoms with Crippen molar-refractivity contribution < 1.29 is 86.3 Å². The van der Waals surface area contributed by atoms with Crippen LogP contribution in [0.2, 0.25) is 0 Å². The van der Waals surface area contributed by atoms with Gasteiger partial charge in [0.25, 0.3) is 23.5 Å². The number of imide groups is 1. The fourth-order valence-electron chi connectivity index (χ4n) is 13.6. The lowest BCUT2D eigenvalue weighted by molar-refractivity contribution is -0.159. The van der Waals surface area contributed by atoms with E-state index in [1.807, 2.05) is 24.8 Å². The standard InChI is InChI=1S/C76H94N10O19/c1-40(2)61(82-55(88)20-13-12-14-31-86-56(89)27-28-57(86)90)73(97)81-52(19-16-30-78-74(77)98)72(96)79-49-23-21-48(22-24-49)39-101-75(99)85-34-32-84(33-35-85)50-25-26-51-54(38-50)104-69-62(80-51)58-59-65(92)46(8)68-60(58)70(94)76(10,105-68)102-36-29-53(100-11)44(6)67(103-47(9)87)45(7)64(91)43(5)37-41(3)17-15-18-42(4)71(95)83-63(69)66(59)93/h15,17-18,21-29,36,38,40-41,43-45,52-53,61,64,67,91-92H,12-14,16,19-20,30-35,37,39H2,1-11H3,(H,79,96)(H,81,97)(H,82,88)(H,83,95)(H3,77,78,98)/b17-15+,36-29+,42-18-/t41-,43+,44+,45+,52-,53-,61?,64+,67+,76-/m0/s1. The lowest BCUT2D eigenvalue weighted by atomic mass is 9.79. The highest BCUT2D eigenvalue weighted by Crippen LogP contribution is 2.51. The van der Waals surface area contributed by atoms with Crippen molar-refractivity contribution in [2.75, 3.05) is 61.9 Å². The maximum absolute atomic E-state index is 15.1. The highest BCUT2D eigenvalue weighted by Gasteiger charge is 2.50. The summed E-state index contributed by atoms with van der Waals surface area (Å²) in [5.41, 5.74) is 6.06. The van der Waals surface area contributed by atoms with Gasteiger partial charge in [-0.05, 0) is 99.6 Å². The molecule has 1 saturated heterocycles. The molecule has 4 bridgehead atoms. The number of piperazine rings is 1. The van der Waals surface area contributed by atoms with E-state index >= 15 is 9.59 Å². The zero-order chi connectivity index (χ0) is 76.3.